The van der Waals surface area contributed by atoms with E-state index in [2.05, 4.69) is 4.98 Å². The van der Waals surface area contributed by atoms with Crippen LogP contribution >= 0.6 is 0 Å². The van der Waals surface area contributed by atoms with E-state index in [-0.39, 0.29) is 23.5 Å². The van der Waals surface area contributed by atoms with Gasteiger partial charge in [0.25, 0.3) is 0 Å². The number of aryl methyl sites for hydroxylation is 1. The smallest absolute Gasteiger partial charge is 0.114 e. The molecule has 0 amide bonds. The summed E-state index contributed by atoms with van der Waals surface area (Å²) in [7, 11) is 0. The molecule has 0 unspecified atom stereocenters. The molecule has 0 aliphatic heterocycles. The van der Waals surface area contributed by atoms with Crippen molar-refractivity contribution < 1.29 is 13.7 Å². The molecule has 0 fully saturated rings. The van der Waals surface area contributed by atoms with Crippen LogP contribution in [0.5, 0.6) is 0 Å². The first-order chi connectivity index (χ1) is 25.3. The lowest BCUT2D eigenvalue weighted by atomic mass is 9.83. The van der Waals surface area contributed by atoms with Gasteiger partial charge in [-0.05, 0) is 67.6 Å². The average Bonchev–Trinajstić information content (AvgIpc) is 3.56. The van der Waals surface area contributed by atoms with Crippen molar-refractivity contribution in [3.05, 3.63) is 157 Å². The maximum Gasteiger partial charge on any atom is 0.114 e. The summed E-state index contributed by atoms with van der Waals surface area (Å²) in [4.78, 5) is 4.57. The molecule has 0 bridgehead atoms. The van der Waals surface area contributed by atoms with Gasteiger partial charge in [-0.1, -0.05) is 140 Å². The number of imidazole rings is 1. The fourth-order valence-corrected chi connectivity index (χ4v) is 6.25. The molecule has 0 N–H and O–H groups in total. The Morgan fingerprint density at radius 2 is 1.14 bits per heavy atom. The molecule has 1 aromatic heterocycles. The SMILES string of the molecule is [2H]c1c([2H])c([2H])c(-c2ccccc2-c2c3ccccc3c(-c3ccccc3-n3c(C([2H])([2H])C([2H])([2H])[2H])nc4ccccc43)c3ccccc23)c([2H])c1[2H]. The van der Waals surface area contributed by atoms with Crippen LogP contribution in [0.2, 0.25) is 0 Å². The molecule has 0 saturated heterocycles. The topological polar surface area (TPSA) is 17.8 Å². The van der Waals surface area contributed by atoms with Crippen LogP contribution in [-0.4, -0.2) is 9.55 Å². The molecule has 2 heteroatoms. The minimum absolute atomic E-state index is 0.109. The zero-order chi connectivity index (χ0) is 37.4. The number of benzene rings is 7. The van der Waals surface area contributed by atoms with E-state index in [9.17, 15) is 0 Å². The third-order valence-electron chi connectivity index (χ3n) is 7.98. The normalized spacial score (nSPS) is 15.4. The molecule has 0 spiro atoms. The standard InChI is InChI=1S/C41H30N2/c1-2-39-42-36-25-13-15-27-38(36)43(39)37-26-14-12-24-35(37)41-33-22-10-8-20-31(33)40(32-21-9-11-23-34(32)41)30-19-7-6-18-29(30)28-16-4-3-5-17-28/h3-27H,2H2,1H3/i1D3,2D2,3D,4D,5D,16D,17D. The molecule has 0 aliphatic carbocycles. The summed E-state index contributed by atoms with van der Waals surface area (Å²) in [5.74, 6) is -0.232. The van der Waals surface area contributed by atoms with Crippen LogP contribution in [0.4, 0.5) is 0 Å². The lowest BCUT2D eigenvalue weighted by Gasteiger charge is -2.21. The van der Waals surface area contributed by atoms with Gasteiger partial charge in [-0.25, -0.2) is 4.98 Å². The van der Waals surface area contributed by atoms with Gasteiger partial charge in [0.15, 0.2) is 0 Å². The van der Waals surface area contributed by atoms with Crippen molar-refractivity contribution in [3.63, 3.8) is 0 Å². The summed E-state index contributed by atoms with van der Waals surface area (Å²) in [5.41, 5.74) is 5.21. The summed E-state index contributed by atoms with van der Waals surface area (Å²) >= 11 is 0. The van der Waals surface area contributed by atoms with Gasteiger partial charge in [0.1, 0.15) is 5.82 Å². The Balaban J connectivity index is 1.49. The zero-order valence-corrected chi connectivity index (χ0v) is 22.9. The minimum Gasteiger partial charge on any atom is -0.296 e. The van der Waals surface area contributed by atoms with E-state index in [4.69, 9.17) is 13.7 Å². The van der Waals surface area contributed by atoms with Gasteiger partial charge in [-0.2, -0.15) is 0 Å². The van der Waals surface area contributed by atoms with Gasteiger partial charge >= 0.3 is 0 Å². The Kier molecular flexibility index (Phi) is 4.08. The quantitative estimate of drug-likeness (QED) is 0.191. The van der Waals surface area contributed by atoms with Crippen LogP contribution in [0.15, 0.2) is 152 Å². The Labute approximate surface area is 265 Å². The average molecular weight is 561 g/mol. The third kappa shape index (κ3) is 4.06. The van der Waals surface area contributed by atoms with Crippen LogP contribution in [0.3, 0.4) is 0 Å². The highest BCUT2D eigenvalue weighted by Crippen LogP contribution is 2.47. The van der Waals surface area contributed by atoms with Gasteiger partial charge in [-0.15, -0.1) is 0 Å². The van der Waals surface area contributed by atoms with Crippen LogP contribution < -0.4 is 0 Å². The number of nitrogens with zero attached hydrogens (tertiary/aromatic N) is 2. The van der Waals surface area contributed by atoms with E-state index in [0.29, 0.717) is 27.8 Å². The maximum absolute atomic E-state index is 8.82. The van der Waals surface area contributed by atoms with Crippen molar-refractivity contribution in [1.82, 2.24) is 9.55 Å². The summed E-state index contributed by atoms with van der Waals surface area (Å²) in [6.07, 6.45) is -2.79. The first kappa shape index (κ1) is 16.8. The van der Waals surface area contributed by atoms with Crippen molar-refractivity contribution in [2.24, 2.45) is 0 Å². The number of hydrogen-bond donors (Lipinski definition) is 0. The molecule has 7 aromatic carbocycles. The second kappa shape index (κ2) is 10.4. The van der Waals surface area contributed by atoms with Crippen molar-refractivity contribution in [1.29, 1.82) is 0 Å². The Morgan fingerprint density at radius 3 is 1.81 bits per heavy atom. The molecule has 1 heterocycles. The van der Waals surface area contributed by atoms with Gasteiger partial charge < -0.3 is 0 Å². The molecule has 0 radical (unpaired) electrons. The lowest BCUT2D eigenvalue weighted by molar-refractivity contribution is 0.909. The molecule has 0 saturated carbocycles. The number of para-hydroxylation sites is 3. The molecule has 204 valence electrons. The number of fused-ring (bicyclic) bond motifs is 3. The third-order valence-corrected chi connectivity index (χ3v) is 7.98. The largest absolute Gasteiger partial charge is 0.296 e. The zero-order valence-electron chi connectivity index (χ0n) is 32.9. The van der Waals surface area contributed by atoms with Crippen molar-refractivity contribution >= 4 is 32.6 Å². The number of aromatic nitrogens is 2. The Morgan fingerprint density at radius 1 is 0.605 bits per heavy atom. The second-order valence-corrected chi connectivity index (χ2v) is 10.3. The van der Waals surface area contributed by atoms with Gasteiger partial charge in [0.2, 0.25) is 0 Å². The monoisotopic (exact) mass is 560 g/mol. The highest BCUT2D eigenvalue weighted by Gasteiger charge is 2.21. The molecule has 0 atom stereocenters. The Bertz CT molecular complexity index is 2680. The molecule has 0 aliphatic rings. The lowest BCUT2D eigenvalue weighted by Crippen LogP contribution is -2.03. The van der Waals surface area contributed by atoms with E-state index in [1.54, 1.807) is 34.9 Å². The van der Waals surface area contributed by atoms with Crippen molar-refractivity contribution in [3.8, 4) is 39.1 Å². The predicted octanol–water partition coefficient (Wildman–Crippen LogP) is 10.9. The molecule has 8 rings (SSSR count). The van der Waals surface area contributed by atoms with E-state index in [1.807, 2.05) is 91.0 Å². The summed E-state index contributed by atoms with van der Waals surface area (Å²) in [5, 5.41) is 3.36. The molecule has 2 nitrogen and oxygen atoms in total. The summed E-state index contributed by atoms with van der Waals surface area (Å²) in [6, 6.07) is 35.8. The molecular weight excluding hydrogens is 520 g/mol. The van der Waals surface area contributed by atoms with Crippen LogP contribution in [0, 0.1) is 0 Å². The van der Waals surface area contributed by atoms with Crippen molar-refractivity contribution in [2.45, 2.75) is 13.2 Å². The first-order valence-corrected chi connectivity index (χ1v) is 14.0. The molecular formula is C41H30N2. The Hall–Kier alpha value is -5.47. The number of rotatable bonds is 5. The molecule has 8 aromatic rings. The van der Waals surface area contributed by atoms with Crippen LogP contribution in [0.25, 0.3) is 71.6 Å². The van der Waals surface area contributed by atoms with Crippen molar-refractivity contribution in [2.75, 3.05) is 0 Å². The van der Waals surface area contributed by atoms with Crippen LogP contribution in [0.1, 0.15) is 26.4 Å². The minimum atomic E-state index is -3.00. The fraction of sp³-hybridized carbons (Fsp3) is 0.0488. The predicted molar refractivity (Wildman–Crippen MR) is 182 cm³/mol. The van der Waals surface area contributed by atoms with E-state index < -0.39 is 31.4 Å². The highest BCUT2D eigenvalue weighted by atomic mass is 15.1. The van der Waals surface area contributed by atoms with E-state index >= 15 is 0 Å². The van der Waals surface area contributed by atoms with Gasteiger partial charge in [0, 0.05) is 18.8 Å². The van der Waals surface area contributed by atoms with Gasteiger partial charge in [0.05, 0.1) is 23.6 Å². The summed E-state index contributed by atoms with van der Waals surface area (Å²) < 4.78 is 86.3. The van der Waals surface area contributed by atoms with E-state index in [0.717, 1.165) is 38.2 Å². The summed E-state index contributed by atoms with van der Waals surface area (Å²) in [6.45, 7) is -3.00. The molecule has 43 heavy (non-hydrogen) atoms. The second-order valence-electron chi connectivity index (χ2n) is 10.3. The highest BCUT2D eigenvalue weighted by molar-refractivity contribution is 6.23. The number of hydrogen-bond acceptors (Lipinski definition) is 1. The van der Waals surface area contributed by atoms with Crippen LogP contribution in [-0.2, 0) is 6.37 Å². The van der Waals surface area contributed by atoms with E-state index in [1.165, 1.54) is 0 Å². The maximum atomic E-state index is 8.82. The first-order valence-electron chi connectivity index (χ1n) is 19.0. The fourth-order valence-electron chi connectivity index (χ4n) is 6.25. The van der Waals surface area contributed by atoms with Gasteiger partial charge in [-0.3, -0.25) is 4.57 Å².